The van der Waals surface area contributed by atoms with Gasteiger partial charge < -0.3 is 5.73 Å². The fourth-order valence-electron chi connectivity index (χ4n) is 0.453. The lowest BCUT2D eigenvalue weighted by molar-refractivity contribution is 0.343. The summed E-state index contributed by atoms with van der Waals surface area (Å²) < 4.78 is 13.1. The number of rotatable bonds is 1. The van der Waals surface area contributed by atoms with Crippen molar-refractivity contribution >= 4 is 13.9 Å². The van der Waals surface area contributed by atoms with E-state index in [1.165, 1.54) is 7.11 Å². The molecule has 0 heterocycles. The number of nitrogens with two attached hydrogens (primary N) is 1. The third kappa shape index (κ3) is 7.15. The van der Waals surface area contributed by atoms with Crippen molar-refractivity contribution in [2.75, 3.05) is 12.8 Å². The minimum absolute atomic E-state index is 0.822. The van der Waals surface area contributed by atoms with Gasteiger partial charge in [0.1, 0.15) is 0 Å². The quantitative estimate of drug-likeness (QED) is 0.518. The Morgan fingerprint density at radius 1 is 1.42 bits per heavy atom. The maximum Gasteiger partial charge on any atom is 0.694 e. The van der Waals surface area contributed by atoms with Gasteiger partial charge in [-0.3, -0.25) is 0 Å². The predicted octanol–water partition coefficient (Wildman–Crippen LogP) is 1.55. The first-order valence-corrected chi connectivity index (χ1v) is 4.30. The lowest BCUT2D eigenvalue weighted by atomic mass is 10.3. The SMILES string of the molecule is CO[P+](=O)O.Nc1ccccc1. The molecule has 0 aromatic heterocycles. The number of hydrogen-bond donors (Lipinski definition) is 2. The molecule has 0 radical (unpaired) electrons. The summed E-state index contributed by atoms with van der Waals surface area (Å²) in [7, 11) is -1.18. The van der Waals surface area contributed by atoms with Gasteiger partial charge in [-0.15, -0.1) is 9.42 Å². The first-order valence-electron chi connectivity index (χ1n) is 3.17. The van der Waals surface area contributed by atoms with Gasteiger partial charge in [0.25, 0.3) is 0 Å². The number of nitrogen functional groups attached to an aromatic ring is 1. The van der Waals surface area contributed by atoms with Gasteiger partial charge in [0.2, 0.25) is 0 Å². The molecule has 1 aromatic carbocycles. The molecule has 0 amide bonds. The molecule has 0 aliphatic carbocycles. The molecule has 0 spiro atoms. The van der Waals surface area contributed by atoms with Crippen LogP contribution in [-0.4, -0.2) is 12.0 Å². The standard InChI is InChI=1S/C6H7N.CH3O3P/c7-6-4-2-1-3-5-6;1-4-5(2)3/h1-5H,7H2;1H3/p+1. The van der Waals surface area contributed by atoms with Crippen molar-refractivity contribution in [3.8, 4) is 0 Å². The summed E-state index contributed by atoms with van der Waals surface area (Å²) in [6.45, 7) is 0. The Kier molecular flexibility index (Phi) is 6.19. The highest BCUT2D eigenvalue weighted by molar-refractivity contribution is 7.32. The van der Waals surface area contributed by atoms with E-state index in [9.17, 15) is 4.57 Å². The Morgan fingerprint density at radius 3 is 2.00 bits per heavy atom. The number of hydrogen-bond acceptors (Lipinski definition) is 3. The third-order valence-electron chi connectivity index (χ3n) is 0.956. The van der Waals surface area contributed by atoms with Gasteiger partial charge in [-0.1, -0.05) is 18.2 Å². The maximum atomic E-state index is 9.29. The largest absolute Gasteiger partial charge is 0.694 e. The summed E-state index contributed by atoms with van der Waals surface area (Å²) >= 11 is 0. The molecule has 4 nitrogen and oxygen atoms in total. The van der Waals surface area contributed by atoms with Crippen molar-refractivity contribution in [1.82, 2.24) is 0 Å². The van der Waals surface area contributed by atoms with Crippen LogP contribution in [0.2, 0.25) is 0 Å². The zero-order chi connectivity index (χ0) is 9.40. The summed E-state index contributed by atoms with van der Waals surface area (Å²) in [4.78, 5) is 7.65. The molecule has 0 saturated heterocycles. The van der Waals surface area contributed by atoms with Crippen molar-refractivity contribution in [3.63, 3.8) is 0 Å². The lowest BCUT2D eigenvalue weighted by Crippen LogP contribution is -1.79. The molecule has 1 rings (SSSR count). The smallest absolute Gasteiger partial charge is 0.399 e. The normalized spacial score (nSPS) is 9.67. The Balaban J connectivity index is 0.000000217. The monoisotopic (exact) mass is 188 g/mol. The van der Waals surface area contributed by atoms with Gasteiger partial charge in [-0.25, -0.2) is 0 Å². The van der Waals surface area contributed by atoms with Gasteiger partial charge in [0.15, 0.2) is 0 Å². The van der Waals surface area contributed by atoms with Crippen molar-refractivity contribution in [2.45, 2.75) is 0 Å². The van der Waals surface area contributed by atoms with E-state index >= 15 is 0 Å². The average Bonchev–Trinajstić information content (AvgIpc) is 2.07. The van der Waals surface area contributed by atoms with E-state index in [-0.39, 0.29) is 0 Å². The molecule has 5 heteroatoms. The zero-order valence-corrected chi connectivity index (χ0v) is 7.57. The Hall–Kier alpha value is -0.960. The molecular formula is C7H11NO3P+. The first kappa shape index (κ1) is 11.0. The van der Waals surface area contributed by atoms with E-state index in [1.54, 1.807) is 0 Å². The Morgan fingerprint density at radius 2 is 1.83 bits per heavy atom. The van der Waals surface area contributed by atoms with Gasteiger partial charge >= 0.3 is 8.25 Å². The predicted molar refractivity (Wildman–Crippen MR) is 47.7 cm³/mol. The van der Waals surface area contributed by atoms with Crippen LogP contribution >= 0.6 is 8.25 Å². The molecule has 1 unspecified atom stereocenters. The van der Waals surface area contributed by atoms with Gasteiger partial charge in [0.05, 0.1) is 7.11 Å². The molecule has 0 aliphatic rings. The lowest BCUT2D eigenvalue weighted by Gasteiger charge is -1.83. The van der Waals surface area contributed by atoms with Crippen LogP contribution in [0, 0.1) is 0 Å². The van der Waals surface area contributed by atoms with E-state index in [2.05, 4.69) is 4.52 Å². The van der Waals surface area contributed by atoms with Crippen LogP contribution in [0.25, 0.3) is 0 Å². The highest BCUT2D eigenvalue weighted by Crippen LogP contribution is 2.09. The zero-order valence-electron chi connectivity index (χ0n) is 6.68. The van der Waals surface area contributed by atoms with Crippen LogP contribution in [0.1, 0.15) is 0 Å². The van der Waals surface area contributed by atoms with Crippen LogP contribution in [0.3, 0.4) is 0 Å². The van der Waals surface area contributed by atoms with Gasteiger partial charge in [-0.05, 0) is 12.1 Å². The molecule has 0 bridgehead atoms. The molecular weight excluding hydrogens is 177 g/mol. The highest BCUT2D eigenvalue weighted by atomic mass is 31.1. The maximum absolute atomic E-state index is 9.29. The molecule has 1 aromatic rings. The number of para-hydroxylation sites is 1. The minimum atomic E-state index is -2.35. The first-order chi connectivity index (χ1) is 5.66. The summed E-state index contributed by atoms with van der Waals surface area (Å²) in [5.74, 6) is 0. The Labute approximate surface area is 71.9 Å². The summed E-state index contributed by atoms with van der Waals surface area (Å²) in [5, 5.41) is 0. The summed E-state index contributed by atoms with van der Waals surface area (Å²) in [5.41, 5.74) is 6.18. The fourth-order valence-corrected chi connectivity index (χ4v) is 0.453. The Bertz CT molecular complexity index is 227. The van der Waals surface area contributed by atoms with E-state index < -0.39 is 8.25 Å². The second kappa shape index (κ2) is 6.73. The van der Waals surface area contributed by atoms with Gasteiger partial charge in [0, 0.05) is 10.3 Å². The number of benzene rings is 1. The molecule has 0 saturated carbocycles. The molecule has 3 N–H and O–H groups in total. The van der Waals surface area contributed by atoms with Crippen LogP contribution in [0.5, 0.6) is 0 Å². The molecule has 1 atom stereocenters. The van der Waals surface area contributed by atoms with Crippen LogP contribution in [0.4, 0.5) is 5.69 Å². The molecule has 12 heavy (non-hydrogen) atoms. The molecule has 0 fully saturated rings. The molecule has 0 aliphatic heterocycles. The average molecular weight is 188 g/mol. The number of anilines is 1. The minimum Gasteiger partial charge on any atom is -0.399 e. The van der Waals surface area contributed by atoms with Crippen molar-refractivity contribution in [3.05, 3.63) is 30.3 Å². The fraction of sp³-hybridized carbons (Fsp3) is 0.143. The van der Waals surface area contributed by atoms with Crippen molar-refractivity contribution in [1.29, 1.82) is 0 Å². The van der Waals surface area contributed by atoms with Gasteiger partial charge in [-0.2, -0.15) is 0 Å². The van der Waals surface area contributed by atoms with Crippen molar-refractivity contribution < 1.29 is 14.0 Å². The second-order valence-electron chi connectivity index (χ2n) is 1.83. The van der Waals surface area contributed by atoms with Crippen LogP contribution in [0.15, 0.2) is 30.3 Å². The van der Waals surface area contributed by atoms with E-state index in [4.69, 9.17) is 10.6 Å². The van der Waals surface area contributed by atoms with Crippen molar-refractivity contribution in [2.24, 2.45) is 0 Å². The third-order valence-corrected chi connectivity index (χ3v) is 1.27. The van der Waals surface area contributed by atoms with E-state index in [0.29, 0.717) is 0 Å². The van der Waals surface area contributed by atoms with Crippen LogP contribution < -0.4 is 5.73 Å². The summed E-state index contributed by atoms with van der Waals surface area (Å²) in [6.07, 6.45) is 0. The van der Waals surface area contributed by atoms with E-state index in [0.717, 1.165) is 5.69 Å². The highest BCUT2D eigenvalue weighted by Gasteiger charge is 2.02. The molecule has 66 valence electrons. The summed E-state index contributed by atoms with van der Waals surface area (Å²) in [6, 6.07) is 9.49. The van der Waals surface area contributed by atoms with Crippen LogP contribution in [-0.2, 0) is 9.09 Å². The van der Waals surface area contributed by atoms with E-state index in [1.807, 2.05) is 30.3 Å². The topological polar surface area (TPSA) is 72.5 Å². The second-order valence-corrected chi connectivity index (χ2v) is 2.67.